The van der Waals surface area contributed by atoms with Crippen LogP contribution in [0.25, 0.3) is 10.8 Å². The number of anilines is 3. The third-order valence-electron chi connectivity index (χ3n) is 6.31. The van der Waals surface area contributed by atoms with Gasteiger partial charge in [-0.3, -0.25) is 14.6 Å². The van der Waals surface area contributed by atoms with Crippen LogP contribution in [0.15, 0.2) is 48.8 Å². The van der Waals surface area contributed by atoms with Crippen LogP contribution in [0.3, 0.4) is 0 Å². The molecule has 2 saturated heterocycles. The number of pyridine rings is 1. The Hall–Kier alpha value is -3.12. The highest BCUT2D eigenvalue weighted by Crippen LogP contribution is 2.34. The summed E-state index contributed by atoms with van der Waals surface area (Å²) >= 11 is 6.19. The van der Waals surface area contributed by atoms with Crippen LogP contribution in [-0.4, -0.2) is 36.4 Å². The van der Waals surface area contributed by atoms with Crippen molar-refractivity contribution < 1.29 is 9.59 Å². The lowest BCUT2D eigenvalue weighted by molar-refractivity contribution is -0.117. The lowest BCUT2D eigenvalue weighted by Crippen LogP contribution is -2.29. The van der Waals surface area contributed by atoms with Crippen molar-refractivity contribution in [2.24, 2.45) is 0 Å². The van der Waals surface area contributed by atoms with E-state index >= 15 is 0 Å². The number of hydrogen-bond acceptors (Lipinski definition) is 4. The molecule has 164 valence electrons. The number of nitrogens with zero attached hydrogens (tertiary/aromatic N) is 3. The average Bonchev–Trinajstić information content (AvgIpc) is 3.25. The number of halogens is 1. The quantitative estimate of drug-likeness (QED) is 0.591. The fraction of sp³-hybridized carbons (Fsp3) is 0.320. The van der Waals surface area contributed by atoms with Gasteiger partial charge in [0.1, 0.15) is 0 Å². The summed E-state index contributed by atoms with van der Waals surface area (Å²) in [6.07, 6.45) is 8.51. The second-order valence-electron chi connectivity index (χ2n) is 8.37. The second kappa shape index (κ2) is 8.79. The molecule has 0 unspecified atom stereocenters. The predicted molar refractivity (Wildman–Crippen MR) is 129 cm³/mol. The smallest absolute Gasteiger partial charge is 0.257 e. The summed E-state index contributed by atoms with van der Waals surface area (Å²) in [5, 5.41) is 5.52. The molecule has 32 heavy (non-hydrogen) atoms. The zero-order chi connectivity index (χ0) is 22.1. The van der Waals surface area contributed by atoms with E-state index in [1.54, 1.807) is 35.5 Å². The summed E-state index contributed by atoms with van der Waals surface area (Å²) in [5.74, 6) is -0.255. The number of hydrogen-bond donors (Lipinski definition) is 1. The van der Waals surface area contributed by atoms with Gasteiger partial charge in [-0.1, -0.05) is 11.6 Å². The maximum Gasteiger partial charge on any atom is 0.257 e. The van der Waals surface area contributed by atoms with Crippen molar-refractivity contribution in [2.45, 2.75) is 32.1 Å². The number of benzene rings is 2. The molecule has 0 bridgehead atoms. The Morgan fingerprint density at radius 1 is 0.938 bits per heavy atom. The molecule has 2 fully saturated rings. The van der Waals surface area contributed by atoms with Crippen LogP contribution in [0.4, 0.5) is 17.1 Å². The molecule has 2 amide bonds. The van der Waals surface area contributed by atoms with E-state index in [4.69, 9.17) is 11.6 Å². The van der Waals surface area contributed by atoms with Crippen molar-refractivity contribution in [2.75, 3.05) is 34.8 Å². The highest BCUT2D eigenvalue weighted by molar-refractivity contribution is 6.31. The predicted octanol–water partition coefficient (Wildman–Crippen LogP) is 5.26. The van der Waals surface area contributed by atoms with Gasteiger partial charge in [-0.15, -0.1) is 0 Å². The first-order chi connectivity index (χ1) is 15.6. The Balaban J connectivity index is 1.49. The molecule has 0 radical (unpaired) electrons. The van der Waals surface area contributed by atoms with Crippen LogP contribution in [0.2, 0.25) is 5.02 Å². The molecule has 2 aliphatic heterocycles. The number of aromatic nitrogens is 1. The van der Waals surface area contributed by atoms with Crippen LogP contribution in [-0.2, 0) is 4.79 Å². The van der Waals surface area contributed by atoms with Crippen molar-refractivity contribution >= 4 is 51.2 Å². The van der Waals surface area contributed by atoms with Gasteiger partial charge in [0.05, 0.1) is 16.9 Å². The fourth-order valence-electron chi connectivity index (χ4n) is 4.71. The van der Waals surface area contributed by atoms with Crippen molar-refractivity contribution in [1.29, 1.82) is 0 Å². The molecule has 6 nitrogen and oxygen atoms in total. The van der Waals surface area contributed by atoms with Crippen LogP contribution >= 0.6 is 11.6 Å². The summed E-state index contributed by atoms with van der Waals surface area (Å²) in [6.45, 7) is 2.68. The number of carbonyl (C=O) groups excluding carboxylic acids is 2. The summed E-state index contributed by atoms with van der Waals surface area (Å²) in [4.78, 5) is 34.0. The van der Waals surface area contributed by atoms with Crippen molar-refractivity contribution in [3.05, 3.63) is 59.4 Å². The van der Waals surface area contributed by atoms with E-state index in [-0.39, 0.29) is 11.8 Å². The van der Waals surface area contributed by atoms with Crippen LogP contribution in [0, 0.1) is 0 Å². The zero-order valence-electron chi connectivity index (χ0n) is 17.8. The van der Waals surface area contributed by atoms with Gasteiger partial charge in [-0.25, -0.2) is 0 Å². The highest BCUT2D eigenvalue weighted by Gasteiger charge is 2.26. The van der Waals surface area contributed by atoms with Gasteiger partial charge in [-0.2, -0.15) is 0 Å². The number of fused-ring (bicyclic) bond motifs is 1. The molecule has 2 aromatic carbocycles. The molecule has 3 heterocycles. The third kappa shape index (κ3) is 3.91. The Labute approximate surface area is 192 Å². The minimum Gasteiger partial charge on any atom is -0.371 e. The fourth-order valence-corrected chi connectivity index (χ4v) is 4.87. The van der Waals surface area contributed by atoms with Gasteiger partial charge in [0.25, 0.3) is 5.91 Å². The van der Waals surface area contributed by atoms with Crippen LogP contribution in [0.5, 0.6) is 0 Å². The SMILES string of the molecule is O=C(Nc1ccc(N2CCCCC2)c2ccncc12)c1ccc(Cl)cc1N1CCCC1=O. The van der Waals surface area contributed by atoms with Crippen LogP contribution < -0.4 is 15.1 Å². The Bertz CT molecular complexity index is 1190. The molecule has 3 aromatic rings. The van der Waals surface area contributed by atoms with E-state index in [0.717, 1.165) is 30.3 Å². The lowest BCUT2D eigenvalue weighted by Gasteiger charge is -2.30. The molecule has 0 spiro atoms. The molecule has 0 aliphatic carbocycles. The van der Waals surface area contributed by atoms with Crippen LogP contribution in [0.1, 0.15) is 42.5 Å². The topological polar surface area (TPSA) is 65.5 Å². The first kappa shape index (κ1) is 20.8. The van der Waals surface area contributed by atoms with Gasteiger partial charge >= 0.3 is 0 Å². The summed E-state index contributed by atoms with van der Waals surface area (Å²) in [5.41, 5.74) is 2.87. The standard InChI is InChI=1S/C25H25ClN4O2/c26-17-6-7-19(23(15-17)30-14-4-5-24(30)31)25(32)28-21-8-9-22(29-12-2-1-3-13-29)18-10-11-27-16-20(18)21/h6-11,15-16H,1-5,12-14H2,(H,28,32). The third-order valence-corrected chi connectivity index (χ3v) is 6.54. The second-order valence-corrected chi connectivity index (χ2v) is 8.80. The van der Waals surface area contributed by atoms with Crippen molar-refractivity contribution in [3.8, 4) is 0 Å². The molecule has 1 N–H and O–H groups in total. The summed E-state index contributed by atoms with van der Waals surface area (Å²) in [7, 11) is 0. The van der Waals surface area contributed by atoms with Crippen molar-refractivity contribution in [1.82, 2.24) is 4.98 Å². The summed E-state index contributed by atoms with van der Waals surface area (Å²) < 4.78 is 0. The number of amides is 2. The van der Waals surface area contributed by atoms with E-state index < -0.39 is 0 Å². The Kier molecular flexibility index (Phi) is 5.70. The lowest BCUT2D eigenvalue weighted by atomic mass is 10.0. The molecule has 2 aliphatic rings. The van der Waals surface area contributed by atoms with Gasteiger partial charge in [0, 0.05) is 59.9 Å². The minimum absolute atomic E-state index is 0.0156. The van der Waals surface area contributed by atoms with Gasteiger partial charge in [0.15, 0.2) is 0 Å². The molecule has 5 rings (SSSR count). The average molecular weight is 449 g/mol. The molecular weight excluding hydrogens is 424 g/mol. The maximum absolute atomic E-state index is 13.3. The Morgan fingerprint density at radius 2 is 1.78 bits per heavy atom. The first-order valence-electron chi connectivity index (χ1n) is 11.1. The molecular formula is C25H25ClN4O2. The summed E-state index contributed by atoms with van der Waals surface area (Å²) in [6, 6.07) is 11.1. The number of carbonyl (C=O) groups is 2. The number of rotatable bonds is 4. The first-order valence-corrected chi connectivity index (χ1v) is 11.5. The van der Waals surface area contributed by atoms with Crippen molar-refractivity contribution in [3.63, 3.8) is 0 Å². The minimum atomic E-state index is -0.271. The van der Waals surface area contributed by atoms with E-state index in [2.05, 4.69) is 21.3 Å². The van der Waals surface area contributed by atoms with Gasteiger partial charge < -0.3 is 15.1 Å². The molecule has 0 saturated carbocycles. The molecule has 0 atom stereocenters. The Morgan fingerprint density at radius 3 is 2.56 bits per heavy atom. The molecule has 7 heteroatoms. The number of nitrogens with one attached hydrogen (secondary N) is 1. The van der Waals surface area contributed by atoms with Gasteiger partial charge in [-0.05, 0) is 62.1 Å². The number of piperidine rings is 1. The van der Waals surface area contributed by atoms with E-state index in [1.807, 2.05) is 12.1 Å². The van der Waals surface area contributed by atoms with Gasteiger partial charge in [0.2, 0.25) is 5.91 Å². The van der Waals surface area contributed by atoms with E-state index in [9.17, 15) is 9.59 Å². The highest BCUT2D eigenvalue weighted by atomic mass is 35.5. The van der Waals surface area contributed by atoms with E-state index in [1.165, 1.54) is 24.9 Å². The van der Waals surface area contributed by atoms with E-state index in [0.29, 0.717) is 34.9 Å². The molecule has 1 aromatic heterocycles. The normalized spacial score (nSPS) is 16.6. The monoisotopic (exact) mass is 448 g/mol. The maximum atomic E-state index is 13.3. The largest absolute Gasteiger partial charge is 0.371 e. The zero-order valence-corrected chi connectivity index (χ0v) is 18.6.